The van der Waals surface area contributed by atoms with Crippen molar-refractivity contribution >= 4 is 34.9 Å². The van der Waals surface area contributed by atoms with Gasteiger partial charge >= 0.3 is 5.97 Å². The summed E-state index contributed by atoms with van der Waals surface area (Å²) in [4.78, 5) is 44.4. The van der Waals surface area contributed by atoms with E-state index in [1.54, 1.807) is 35.4 Å². The lowest BCUT2D eigenvalue weighted by molar-refractivity contribution is -0.228. The number of anilines is 1. The third-order valence-electron chi connectivity index (χ3n) is 11.0. The summed E-state index contributed by atoms with van der Waals surface area (Å²) in [5.74, 6) is -2.82. The average Bonchev–Trinajstić information content (AvgIpc) is 3.35. The Balaban J connectivity index is 1.45. The predicted octanol–water partition coefficient (Wildman–Crippen LogP) is 3.70. The summed E-state index contributed by atoms with van der Waals surface area (Å²) in [5.41, 5.74) is 2.39. The number of amides is 1. The normalized spacial score (nSPS) is 43.4. The van der Waals surface area contributed by atoms with Crippen LogP contribution < -0.4 is 10.8 Å². The number of carbonyl (C=O) groups is 3. The maximum atomic E-state index is 15.9. The zero-order valence-electron chi connectivity index (χ0n) is 22.7. The van der Waals surface area contributed by atoms with E-state index in [1.807, 2.05) is 13.8 Å². The lowest BCUT2D eigenvalue weighted by Crippen LogP contribution is -2.67. The average molecular weight is 573 g/mol. The summed E-state index contributed by atoms with van der Waals surface area (Å²) in [6, 6.07) is 7.04. The number of hydrogen-bond acceptors (Lipinski definition) is 7. The van der Waals surface area contributed by atoms with Gasteiger partial charge in [0.05, 0.1) is 18.3 Å². The van der Waals surface area contributed by atoms with E-state index in [-0.39, 0.29) is 36.4 Å². The van der Waals surface area contributed by atoms with Crippen molar-refractivity contribution in [2.24, 2.45) is 39.7 Å². The van der Waals surface area contributed by atoms with Gasteiger partial charge in [-0.25, -0.2) is 9.18 Å². The first-order chi connectivity index (χ1) is 18.8. The molecule has 0 spiro atoms. The summed E-state index contributed by atoms with van der Waals surface area (Å²) < 4.78 is 21.4. The number of benzene rings is 1. The second-order valence-corrected chi connectivity index (χ2v) is 13.2. The van der Waals surface area contributed by atoms with E-state index in [1.165, 1.54) is 12.2 Å². The number of fused-ring (bicyclic) bond motifs is 7. The highest BCUT2D eigenvalue weighted by Gasteiger charge is 2.81. The molecular weight excluding hydrogens is 539 g/mol. The van der Waals surface area contributed by atoms with Crippen LogP contribution in [0, 0.1) is 34.0 Å². The zero-order chi connectivity index (χ0) is 28.8. The Bertz CT molecular complexity index is 1350. The third kappa shape index (κ3) is 3.46. The van der Waals surface area contributed by atoms with E-state index in [2.05, 4.69) is 6.92 Å². The number of ether oxygens (including phenoxy) is 1. The van der Waals surface area contributed by atoms with Gasteiger partial charge in [-0.3, -0.25) is 19.5 Å². The second kappa shape index (κ2) is 8.87. The molecule has 4 fully saturated rings. The molecule has 0 aromatic heterocycles. The first kappa shape index (κ1) is 27.4. The molecule has 1 amide bonds. The van der Waals surface area contributed by atoms with Crippen LogP contribution in [-0.4, -0.2) is 53.8 Å². The van der Waals surface area contributed by atoms with Gasteiger partial charge in [-0.15, -0.1) is 0 Å². The van der Waals surface area contributed by atoms with Crippen molar-refractivity contribution in [1.82, 2.24) is 0 Å². The Hall–Kier alpha value is -2.75. The van der Waals surface area contributed by atoms with Gasteiger partial charge in [0, 0.05) is 27.7 Å². The van der Waals surface area contributed by atoms with Gasteiger partial charge in [0.2, 0.25) is 5.60 Å². The SMILES string of the molecule is CC12C=CC(=O)C=C1C(F)CC1C2C(O)CC2(C)C1(C)CC1CN(c3ccc(Cl)cc3)OC12C(=O)OCC(N)=O. The number of rotatable bonds is 4. The van der Waals surface area contributed by atoms with Gasteiger partial charge in [0.1, 0.15) is 6.17 Å². The molecule has 0 bridgehead atoms. The number of aliphatic hydroxyl groups excluding tert-OH is 1. The summed E-state index contributed by atoms with van der Waals surface area (Å²) in [6.07, 6.45) is 3.11. The monoisotopic (exact) mass is 572 g/mol. The number of alkyl halides is 1. The maximum absolute atomic E-state index is 15.9. The number of allylic oxidation sites excluding steroid dienone is 4. The Kier molecular flexibility index (Phi) is 6.08. The largest absolute Gasteiger partial charge is 0.453 e. The highest BCUT2D eigenvalue weighted by molar-refractivity contribution is 6.30. The Morgan fingerprint density at radius 3 is 2.60 bits per heavy atom. The molecule has 8 nitrogen and oxygen atoms in total. The number of hydrogen-bond donors (Lipinski definition) is 2. The summed E-state index contributed by atoms with van der Waals surface area (Å²) in [5, 5.41) is 14.1. The van der Waals surface area contributed by atoms with Crippen LogP contribution in [0.4, 0.5) is 10.1 Å². The first-order valence-corrected chi connectivity index (χ1v) is 14.1. The first-order valence-electron chi connectivity index (χ1n) is 13.7. The molecule has 3 saturated carbocycles. The summed E-state index contributed by atoms with van der Waals surface area (Å²) in [7, 11) is 0. The molecule has 1 aromatic carbocycles. The standard InChI is InChI=1S/C30H34ClFN2O6/c1-27-9-8-19(35)10-20(27)22(32)11-21-25(27)23(36)13-29(3)28(21,2)12-16-14-34(18-6-4-17(31)5-7-18)40-30(16,29)26(38)39-15-24(33)37/h4-10,16,21-23,25,36H,11-15H2,1-3H3,(H2,33,37). The van der Waals surface area contributed by atoms with Gasteiger partial charge in [-0.1, -0.05) is 38.4 Å². The molecule has 0 radical (unpaired) electrons. The van der Waals surface area contributed by atoms with Crippen molar-refractivity contribution in [2.75, 3.05) is 18.2 Å². The van der Waals surface area contributed by atoms with E-state index in [0.717, 1.165) is 0 Å². The molecule has 1 aromatic rings. The number of ketones is 1. The van der Waals surface area contributed by atoms with Crippen molar-refractivity contribution in [1.29, 1.82) is 0 Å². The minimum absolute atomic E-state index is 0.121. The molecule has 1 aliphatic heterocycles. The Morgan fingerprint density at radius 2 is 1.93 bits per heavy atom. The van der Waals surface area contributed by atoms with E-state index in [9.17, 15) is 19.5 Å². The molecule has 6 rings (SSSR count). The fourth-order valence-electron chi connectivity index (χ4n) is 9.14. The molecule has 4 aliphatic carbocycles. The van der Waals surface area contributed by atoms with E-state index in [4.69, 9.17) is 26.9 Å². The van der Waals surface area contributed by atoms with Crippen LogP contribution >= 0.6 is 11.6 Å². The number of halogens is 2. The van der Waals surface area contributed by atoms with Crippen molar-refractivity contribution < 1.29 is 33.5 Å². The topological polar surface area (TPSA) is 119 Å². The third-order valence-corrected chi connectivity index (χ3v) is 11.3. The van der Waals surface area contributed by atoms with Gasteiger partial charge in [0.25, 0.3) is 5.91 Å². The quantitative estimate of drug-likeness (QED) is 0.528. The molecule has 40 heavy (non-hydrogen) atoms. The van der Waals surface area contributed by atoms with Crippen molar-refractivity contribution in [3.05, 3.63) is 53.1 Å². The summed E-state index contributed by atoms with van der Waals surface area (Å²) in [6.45, 7) is 5.63. The smallest absolute Gasteiger partial charge is 0.342 e. The van der Waals surface area contributed by atoms with Crippen molar-refractivity contribution in [3.63, 3.8) is 0 Å². The molecule has 3 N–H and O–H groups in total. The number of carbonyl (C=O) groups excluding carboxylic acids is 3. The Labute approximate surface area is 237 Å². The molecule has 1 saturated heterocycles. The number of primary amides is 1. The van der Waals surface area contributed by atoms with Crippen LogP contribution in [0.2, 0.25) is 5.02 Å². The van der Waals surface area contributed by atoms with Crippen LogP contribution in [0.5, 0.6) is 0 Å². The van der Waals surface area contributed by atoms with Crippen LogP contribution in [0.25, 0.3) is 0 Å². The molecule has 214 valence electrons. The second-order valence-electron chi connectivity index (χ2n) is 12.8. The fraction of sp³-hybridized carbons (Fsp3) is 0.567. The number of hydroxylamine groups is 1. The lowest BCUT2D eigenvalue weighted by Gasteiger charge is -2.64. The number of aliphatic hydroxyl groups is 1. The predicted molar refractivity (Wildman–Crippen MR) is 145 cm³/mol. The summed E-state index contributed by atoms with van der Waals surface area (Å²) >= 11 is 6.09. The van der Waals surface area contributed by atoms with E-state index in [0.29, 0.717) is 29.2 Å². The molecule has 10 heteroatoms. The van der Waals surface area contributed by atoms with E-state index >= 15 is 4.39 Å². The highest BCUT2D eigenvalue weighted by Crippen LogP contribution is 2.76. The molecule has 1 heterocycles. The minimum atomic E-state index is -1.55. The van der Waals surface area contributed by atoms with Gasteiger partial charge in [-0.2, -0.15) is 0 Å². The van der Waals surface area contributed by atoms with Crippen LogP contribution in [-0.2, 0) is 24.0 Å². The number of esters is 1. The molecule has 5 aliphatic rings. The van der Waals surface area contributed by atoms with E-state index < -0.39 is 52.6 Å². The van der Waals surface area contributed by atoms with Crippen molar-refractivity contribution in [3.8, 4) is 0 Å². The van der Waals surface area contributed by atoms with Gasteiger partial charge in [-0.05, 0) is 72.6 Å². The molecule has 9 atom stereocenters. The fourth-order valence-corrected chi connectivity index (χ4v) is 9.27. The van der Waals surface area contributed by atoms with Gasteiger partial charge in [0.15, 0.2) is 12.4 Å². The lowest BCUT2D eigenvalue weighted by atomic mass is 9.41. The van der Waals surface area contributed by atoms with Crippen LogP contribution in [0.3, 0.4) is 0 Å². The maximum Gasteiger partial charge on any atom is 0.342 e. The van der Waals surface area contributed by atoms with Crippen LogP contribution in [0.15, 0.2) is 48.1 Å². The number of nitrogens with two attached hydrogens (primary N) is 1. The van der Waals surface area contributed by atoms with Crippen molar-refractivity contribution in [2.45, 2.75) is 57.9 Å². The van der Waals surface area contributed by atoms with Crippen LogP contribution in [0.1, 0.15) is 40.0 Å². The molecular formula is C30H34ClFN2O6. The molecule has 9 unspecified atom stereocenters. The van der Waals surface area contributed by atoms with Gasteiger partial charge < -0.3 is 15.6 Å². The Morgan fingerprint density at radius 1 is 1.23 bits per heavy atom. The number of nitrogens with zero attached hydrogens (tertiary/aromatic N) is 1. The highest BCUT2D eigenvalue weighted by atomic mass is 35.5. The zero-order valence-corrected chi connectivity index (χ0v) is 23.5. The minimum Gasteiger partial charge on any atom is -0.453 e.